The SMILES string of the molecule is [C-]#[N+]c1ccc(C(=O)CCNCCSSCCNCCC(=O)c2ccc(C#N)cc2)cc1. The van der Waals surface area contributed by atoms with Crippen LogP contribution in [0.3, 0.4) is 0 Å². The van der Waals surface area contributed by atoms with Gasteiger partial charge >= 0.3 is 0 Å². The summed E-state index contributed by atoms with van der Waals surface area (Å²) in [5.41, 5.74) is 2.39. The van der Waals surface area contributed by atoms with Crippen molar-refractivity contribution < 1.29 is 9.59 Å². The van der Waals surface area contributed by atoms with Crippen molar-refractivity contribution in [2.45, 2.75) is 12.8 Å². The lowest BCUT2D eigenvalue weighted by atomic mass is 10.1. The first-order chi connectivity index (χ1) is 15.6. The Morgan fingerprint density at radius 2 is 1.28 bits per heavy atom. The number of benzene rings is 2. The van der Waals surface area contributed by atoms with E-state index in [1.54, 1.807) is 70.1 Å². The fourth-order valence-electron chi connectivity index (χ4n) is 2.74. The molecule has 32 heavy (non-hydrogen) atoms. The van der Waals surface area contributed by atoms with Gasteiger partial charge in [-0.05, 0) is 12.1 Å². The van der Waals surface area contributed by atoms with Gasteiger partial charge in [-0.25, -0.2) is 4.85 Å². The lowest BCUT2D eigenvalue weighted by Gasteiger charge is -2.06. The number of nitriles is 1. The molecule has 0 aliphatic rings. The normalized spacial score (nSPS) is 10.3. The molecule has 0 amide bonds. The molecule has 0 aromatic heterocycles. The third-order valence-electron chi connectivity index (χ3n) is 4.52. The quantitative estimate of drug-likeness (QED) is 0.173. The van der Waals surface area contributed by atoms with Crippen LogP contribution >= 0.6 is 21.6 Å². The number of nitrogens with zero attached hydrogens (tertiary/aromatic N) is 2. The van der Waals surface area contributed by atoms with E-state index in [0.717, 1.165) is 24.6 Å². The highest BCUT2D eigenvalue weighted by molar-refractivity contribution is 8.76. The molecule has 2 N–H and O–H groups in total. The van der Waals surface area contributed by atoms with Gasteiger partial charge in [0.25, 0.3) is 0 Å². The van der Waals surface area contributed by atoms with Crippen molar-refractivity contribution in [2.24, 2.45) is 0 Å². The smallest absolute Gasteiger partial charge is 0.187 e. The van der Waals surface area contributed by atoms with Crippen LogP contribution in [0.4, 0.5) is 5.69 Å². The Morgan fingerprint density at radius 1 is 0.812 bits per heavy atom. The summed E-state index contributed by atoms with van der Waals surface area (Å²) >= 11 is 0. The number of ketones is 2. The number of rotatable bonds is 15. The van der Waals surface area contributed by atoms with Gasteiger partial charge in [-0.2, -0.15) is 5.26 Å². The minimum atomic E-state index is 0.0777. The van der Waals surface area contributed by atoms with Gasteiger partial charge in [-0.1, -0.05) is 58.0 Å². The summed E-state index contributed by atoms with van der Waals surface area (Å²) in [7, 11) is 3.57. The van der Waals surface area contributed by atoms with Gasteiger partial charge in [0.05, 0.1) is 18.2 Å². The molecule has 8 heteroatoms. The number of carbonyl (C=O) groups excluding carboxylic acids is 2. The second-order valence-corrected chi connectivity index (χ2v) is 9.54. The Kier molecular flexibility index (Phi) is 12.2. The highest BCUT2D eigenvalue weighted by Crippen LogP contribution is 2.19. The maximum Gasteiger partial charge on any atom is 0.187 e. The molecule has 0 radical (unpaired) electrons. The molecule has 0 saturated heterocycles. The zero-order valence-corrected chi connectivity index (χ0v) is 19.4. The van der Waals surface area contributed by atoms with E-state index in [4.69, 9.17) is 11.8 Å². The Labute approximate surface area is 197 Å². The van der Waals surface area contributed by atoms with E-state index < -0.39 is 0 Å². The molecule has 0 spiro atoms. The molecule has 0 atom stereocenters. The van der Waals surface area contributed by atoms with E-state index >= 15 is 0 Å². The molecule has 0 saturated carbocycles. The Bertz CT molecular complexity index is 868. The fraction of sp³-hybridized carbons (Fsp3) is 0.333. The highest BCUT2D eigenvalue weighted by Gasteiger charge is 2.06. The minimum Gasteiger partial charge on any atom is -0.315 e. The molecule has 0 fully saturated rings. The van der Waals surface area contributed by atoms with E-state index in [0.29, 0.717) is 48.3 Å². The second-order valence-electron chi connectivity index (χ2n) is 6.84. The first-order valence-corrected chi connectivity index (χ1v) is 12.8. The monoisotopic (exact) mass is 466 g/mol. The van der Waals surface area contributed by atoms with Crippen molar-refractivity contribution in [2.75, 3.05) is 37.7 Å². The maximum absolute atomic E-state index is 12.1. The molecule has 2 rings (SSSR count). The van der Waals surface area contributed by atoms with Crippen molar-refractivity contribution in [3.63, 3.8) is 0 Å². The van der Waals surface area contributed by atoms with E-state index in [-0.39, 0.29) is 11.6 Å². The van der Waals surface area contributed by atoms with Crippen LogP contribution in [-0.4, -0.2) is 49.3 Å². The van der Waals surface area contributed by atoms with Crippen LogP contribution in [0, 0.1) is 17.9 Å². The number of hydrogen-bond donors (Lipinski definition) is 2. The molecule has 0 unspecified atom stereocenters. The van der Waals surface area contributed by atoms with Gasteiger partial charge in [-0.3, -0.25) is 9.59 Å². The van der Waals surface area contributed by atoms with E-state index in [2.05, 4.69) is 15.5 Å². The van der Waals surface area contributed by atoms with E-state index in [1.165, 1.54) is 0 Å². The number of nitrogens with one attached hydrogen (secondary N) is 2. The predicted octanol–water partition coefficient (Wildman–Crippen LogP) is 4.52. The van der Waals surface area contributed by atoms with Crippen LogP contribution in [-0.2, 0) is 0 Å². The molecule has 0 aliphatic heterocycles. The summed E-state index contributed by atoms with van der Waals surface area (Å²) in [5, 5.41) is 15.3. The lowest BCUT2D eigenvalue weighted by Crippen LogP contribution is -2.21. The van der Waals surface area contributed by atoms with E-state index in [9.17, 15) is 9.59 Å². The number of hydrogen-bond acceptors (Lipinski definition) is 7. The van der Waals surface area contributed by atoms with Gasteiger partial charge in [0, 0.05) is 61.7 Å². The summed E-state index contributed by atoms with van der Waals surface area (Å²) in [6, 6.07) is 15.5. The zero-order chi connectivity index (χ0) is 23.0. The third-order valence-corrected chi connectivity index (χ3v) is 6.93. The van der Waals surface area contributed by atoms with Crippen LogP contribution in [0.15, 0.2) is 48.5 Å². The molecule has 166 valence electrons. The third kappa shape index (κ3) is 9.67. The molecule has 2 aromatic rings. The summed E-state index contributed by atoms with van der Waals surface area (Å²) < 4.78 is 0. The predicted molar refractivity (Wildman–Crippen MR) is 132 cm³/mol. The molecule has 2 aromatic carbocycles. The van der Waals surface area contributed by atoms with Gasteiger partial charge in [0.2, 0.25) is 0 Å². The molecule has 0 bridgehead atoms. The Balaban J connectivity index is 1.41. The summed E-state index contributed by atoms with van der Waals surface area (Å²) in [4.78, 5) is 27.5. The fourth-order valence-corrected chi connectivity index (χ4v) is 4.64. The largest absolute Gasteiger partial charge is 0.315 e. The Hall–Kier alpha value is -2.62. The van der Waals surface area contributed by atoms with Crippen molar-refractivity contribution in [1.82, 2.24) is 10.6 Å². The van der Waals surface area contributed by atoms with Crippen molar-refractivity contribution in [3.05, 3.63) is 76.6 Å². The lowest BCUT2D eigenvalue weighted by molar-refractivity contribution is 0.0974. The molecular weight excluding hydrogens is 440 g/mol. The average Bonchev–Trinajstić information content (AvgIpc) is 2.84. The average molecular weight is 467 g/mol. The first-order valence-electron chi connectivity index (χ1n) is 10.3. The van der Waals surface area contributed by atoms with Crippen LogP contribution < -0.4 is 10.6 Å². The maximum atomic E-state index is 12.1. The highest BCUT2D eigenvalue weighted by atomic mass is 33.1. The van der Waals surface area contributed by atoms with Gasteiger partial charge in [0.15, 0.2) is 17.3 Å². The molecule has 0 aliphatic carbocycles. The standard InChI is InChI=1S/C24H26N4O2S2/c1-26-22-8-6-21(7-9-22)24(30)11-13-28-15-17-32-31-16-14-27-12-10-23(29)20-4-2-19(18-25)3-5-20/h2-9,27-28H,10-17H2. The van der Waals surface area contributed by atoms with Crippen molar-refractivity contribution in [1.29, 1.82) is 5.26 Å². The van der Waals surface area contributed by atoms with E-state index in [1.807, 2.05) is 6.07 Å². The van der Waals surface area contributed by atoms with Crippen LogP contribution in [0.25, 0.3) is 4.85 Å². The van der Waals surface area contributed by atoms with Crippen molar-refractivity contribution in [3.8, 4) is 6.07 Å². The van der Waals surface area contributed by atoms with Crippen LogP contribution in [0.5, 0.6) is 0 Å². The van der Waals surface area contributed by atoms with Gasteiger partial charge < -0.3 is 10.6 Å². The molecule has 0 heterocycles. The second kappa shape index (κ2) is 15.2. The summed E-state index contributed by atoms with van der Waals surface area (Å²) in [5.74, 6) is 2.07. The summed E-state index contributed by atoms with van der Waals surface area (Å²) in [6.07, 6.45) is 0.885. The Morgan fingerprint density at radius 3 is 1.72 bits per heavy atom. The molecule has 6 nitrogen and oxygen atoms in total. The van der Waals surface area contributed by atoms with Gasteiger partial charge in [-0.15, -0.1) is 0 Å². The summed E-state index contributed by atoms with van der Waals surface area (Å²) in [6.45, 7) is 9.89. The number of carbonyl (C=O) groups is 2. The van der Waals surface area contributed by atoms with Crippen LogP contribution in [0.1, 0.15) is 39.1 Å². The number of Topliss-reactive ketones (excluding diaryl/α,β-unsaturated/α-hetero) is 2. The van der Waals surface area contributed by atoms with Gasteiger partial charge in [0.1, 0.15) is 0 Å². The minimum absolute atomic E-state index is 0.0777. The topological polar surface area (TPSA) is 86.3 Å². The first kappa shape index (κ1) is 25.6. The molecular formula is C24H26N4O2S2. The zero-order valence-electron chi connectivity index (χ0n) is 17.8. The van der Waals surface area contributed by atoms with Crippen molar-refractivity contribution >= 4 is 38.8 Å². The van der Waals surface area contributed by atoms with Crippen LogP contribution in [0.2, 0.25) is 0 Å².